The second kappa shape index (κ2) is 4.50. The summed E-state index contributed by atoms with van der Waals surface area (Å²) in [5, 5.41) is 7.06. The Morgan fingerprint density at radius 3 is 2.71 bits per heavy atom. The van der Waals surface area contributed by atoms with Crippen molar-refractivity contribution < 1.29 is 4.79 Å². The lowest BCUT2D eigenvalue weighted by atomic mass is 10.3. The molecular formula is C10H10ClN5O. The molecule has 2 aromatic heterocycles. The fourth-order valence-corrected chi connectivity index (χ4v) is 1.44. The van der Waals surface area contributed by atoms with Gasteiger partial charge in [0.25, 0.3) is 5.91 Å². The van der Waals surface area contributed by atoms with E-state index in [1.165, 1.54) is 12.4 Å². The largest absolute Gasteiger partial charge is 0.318 e. The number of amides is 1. The number of nitrogens with one attached hydrogen (secondary N) is 1. The molecule has 0 aliphatic carbocycles. The molecule has 17 heavy (non-hydrogen) atoms. The van der Waals surface area contributed by atoms with E-state index in [1.807, 2.05) is 6.92 Å². The third-order valence-corrected chi connectivity index (χ3v) is 2.31. The predicted molar refractivity (Wildman–Crippen MR) is 62.9 cm³/mol. The highest BCUT2D eigenvalue weighted by Gasteiger charge is 2.11. The third kappa shape index (κ3) is 2.59. The third-order valence-electron chi connectivity index (χ3n) is 2.11. The topological polar surface area (TPSA) is 72.7 Å². The summed E-state index contributed by atoms with van der Waals surface area (Å²) in [6, 6.07) is 0. The second-order valence-corrected chi connectivity index (χ2v) is 3.87. The van der Waals surface area contributed by atoms with E-state index in [0.717, 1.165) is 5.69 Å². The zero-order valence-electron chi connectivity index (χ0n) is 9.31. The summed E-state index contributed by atoms with van der Waals surface area (Å²) >= 11 is 5.59. The molecule has 0 saturated heterocycles. The van der Waals surface area contributed by atoms with Gasteiger partial charge in [-0.3, -0.25) is 9.48 Å². The molecule has 1 amide bonds. The minimum atomic E-state index is -0.342. The minimum Gasteiger partial charge on any atom is -0.318 e. The van der Waals surface area contributed by atoms with Gasteiger partial charge in [-0.1, -0.05) is 11.6 Å². The van der Waals surface area contributed by atoms with Gasteiger partial charge in [0.15, 0.2) is 0 Å². The molecule has 0 bridgehead atoms. The lowest BCUT2D eigenvalue weighted by Gasteiger charge is -2.02. The molecule has 2 rings (SSSR count). The molecular weight excluding hydrogens is 242 g/mol. The van der Waals surface area contributed by atoms with E-state index >= 15 is 0 Å². The van der Waals surface area contributed by atoms with Crippen molar-refractivity contribution in [3.63, 3.8) is 0 Å². The minimum absolute atomic E-state index is 0.206. The molecule has 0 atom stereocenters. The quantitative estimate of drug-likeness (QED) is 0.876. The average molecular weight is 252 g/mol. The number of hydrogen-bond donors (Lipinski definition) is 1. The number of nitrogens with zero attached hydrogens (tertiary/aromatic N) is 4. The Balaban J connectivity index is 2.17. The normalized spacial score (nSPS) is 10.3. The van der Waals surface area contributed by atoms with E-state index in [9.17, 15) is 4.79 Å². The van der Waals surface area contributed by atoms with Crippen LogP contribution in [0.3, 0.4) is 0 Å². The summed E-state index contributed by atoms with van der Waals surface area (Å²) in [6.45, 7) is 1.81. The van der Waals surface area contributed by atoms with Gasteiger partial charge in [-0.15, -0.1) is 0 Å². The summed E-state index contributed by atoms with van der Waals surface area (Å²) in [5.41, 5.74) is 1.59. The van der Waals surface area contributed by atoms with Crippen LogP contribution in [0.15, 0.2) is 18.6 Å². The number of aromatic nitrogens is 4. The van der Waals surface area contributed by atoms with Gasteiger partial charge in [-0.2, -0.15) is 5.10 Å². The van der Waals surface area contributed by atoms with E-state index in [1.54, 1.807) is 17.9 Å². The van der Waals surface area contributed by atoms with E-state index in [2.05, 4.69) is 20.4 Å². The summed E-state index contributed by atoms with van der Waals surface area (Å²) < 4.78 is 1.62. The van der Waals surface area contributed by atoms with Crippen LogP contribution >= 0.6 is 11.6 Å². The number of aryl methyl sites for hydroxylation is 2. The van der Waals surface area contributed by atoms with Crippen LogP contribution in [-0.4, -0.2) is 25.7 Å². The lowest BCUT2D eigenvalue weighted by Crippen LogP contribution is -2.14. The van der Waals surface area contributed by atoms with Gasteiger partial charge < -0.3 is 5.32 Å². The molecule has 1 N–H and O–H groups in total. The SMILES string of the molecule is Cc1nn(C)cc1NC(=O)c1cnc(Cl)cn1. The summed E-state index contributed by atoms with van der Waals surface area (Å²) in [5.74, 6) is -0.342. The molecule has 6 nitrogen and oxygen atoms in total. The number of anilines is 1. The summed E-state index contributed by atoms with van der Waals surface area (Å²) in [4.78, 5) is 19.5. The molecule has 0 aliphatic rings. The van der Waals surface area contributed by atoms with Crippen LogP contribution in [-0.2, 0) is 7.05 Å². The molecule has 0 radical (unpaired) electrons. The van der Waals surface area contributed by atoms with Crippen molar-refractivity contribution in [1.29, 1.82) is 0 Å². The Bertz CT molecular complexity index is 548. The molecule has 0 fully saturated rings. The van der Waals surface area contributed by atoms with Crippen molar-refractivity contribution in [2.75, 3.05) is 5.32 Å². The van der Waals surface area contributed by atoms with E-state index < -0.39 is 0 Å². The van der Waals surface area contributed by atoms with Gasteiger partial charge in [-0.05, 0) is 6.92 Å². The van der Waals surface area contributed by atoms with Crippen molar-refractivity contribution in [3.05, 3.63) is 35.1 Å². The van der Waals surface area contributed by atoms with Crippen LogP contribution in [0.5, 0.6) is 0 Å². The maximum Gasteiger partial charge on any atom is 0.275 e. The van der Waals surface area contributed by atoms with Crippen LogP contribution in [0.2, 0.25) is 5.15 Å². The molecule has 7 heteroatoms. The summed E-state index contributed by atoms with van der Waals surface area (Å²) in [7, 11) is 1.78. The first-order chi connectivity index (χ1) is 8.06. The van der Waals surface area contributed by atoms with Gasteiger partial charge in [0.05, 0.1) is 23.8 Å². The molecule has 0 aromatic carbocycles. The van der Waals surface area contributed by atoms with Crippen molar-refractivity contribution in [2.24, 2.45) is 7.05 Å². The number of carbonyl (C=O) groups is 1. The van der Waals surface area contributed by atoms with E-state index in [4.69, 9.17) is 11.6 Å². The summed E-state index contributed by atoms with van der Waals surface area (Å²) in [6.07, 6.45) is 4.37. The Morgan fingerprint density at radius 1 is 1.41 bits per heavy atom. The Kier molecular flexibility index (Phi) is 3.06. The first kappa shape index (κ1) is 11.5. The molecule has 0 saturated carbocycles. The van der Waals surface area contributed by atoms with Crippen molar-refractivity contribution in [2.45, 2.75) is 6.92 Å². The number of carbonyl (C=O) groups excluding carboxylic acids is 1. The molecule has 2 aromatic rings. The predicted octanol–water partition coefficient (Wildman–Crippen LogP) is 1.42. The van der Waals surface area contributed by atoms with Crippen molar-refractivity contribution in [3.8, 4) is 0 Å². The van der Waals surface area contributed by atoms with Gasteiger partial charge >= 0.3 is 0 Å². The fourth-order valence-electron chi connectivity index (χ4n) is 1.34. The number of halogens is 1. The monoisotopic (exact) mass is 251 g/mol. The smallest absolute Gasteiger partial charge is 0.275 e. The Hall–Kier alpha value is -1.95. The van der Waals surface area contributed by atoms with Crippen LogP contribution in [0.25, 0.3) is 0 Å². The van der Waals surface area contributed by atoms with Crippen LogP contribution in [0.1, 0.15) is 16.2 Å². The average Bonchev–Trinajstić information content (AvgIpc) is 2.58. The van der Waals surface area contributed by atoms with Gasteiger partial charge in [0.1, 0.15) is 10.8 Å². The first-order valence-corrected chi connectivity index (χ1v) is 5.23. The number of rotatable bonds is 2. The highest BCUT2D eigenvalue weighted by molar-refractivity contribution is 6.29. The maximum absolute atomic E-state index is 11.8. The molecule has 88 valence electrons. The second-order valence-electron chi connectivity index (χ2n) is 3.48. The lowest BCUT2D eigenvalue weighted by molar-refractivity contribution is 0.102. The zero-order chi connectivity index (χ0) is 12.4. The van der Waals surface area contributed by atoms with Crippen LogP contribution in [0.4, 0.5) is 5.69 Å². The molecule has 0 unspecified atom stereocenters. The Morgan fingerprint density at radius 2 is 2.18 bits per heavy atom. The standard InChI is InChI=1S/C10H10ClN5O/c1-6-8(5-16(2)15-6)14-10(17)7-3-13-9(11)4-12-7/h3-5H,1-2H3,(H,14,17). The zero-order valence-corrected chi connectivity index (χ0v) is 10.1. The van der Waals surface area contributed by atoms with E-state index in [0.29, 0.717) is 5.69 Å². The van der Waals surface area contributed by atoms with Crippen molar-refractivity contribution in [1.82, 2.24) is 19.7 Å². The molecule has 0 spiro atoms. The van der Waals surface area contributed by atoms with Gasteiger partial charge in [0.2, 0.25) is 0 Å². The van der Waals surface area contributed by atoms with Gasteiger partial charge in [0, 0.05) is 13.2 Å². The maximum atomic E-state index is 11.8. The Labute approximate surface area is 103 Å². The fraction of sp³-hybridized carbons (Fsp3) is 0.200. The van der Waals surface area contributed by atoms with Crippen LogP contribution in [0, 0.1) is 6.92 Å². The first-order valence-electron chi connectivity index (χ1n) is 4.85. The number of hydrogen-bond acceptors (Lipinski definition) is 4. The van der Waals surface area contributed by atoms with E-state index in [-0.39, 0.29) is 16.8 Å². The highest BCUT2D eigenvalue weighted by Crippen LogP contribution is 2.12. The highest BCUT2D eigenvalue weighted by atomic mass is 35.5. The molecule has 0 aliphatic heterocycles. The van der Waals surface area contributed by atoms with Crippen molar-refractivity contribution >= 4 is 23.2 Å². The van der Waals surface area contributed by atoms with Crippen LogP contribution < -0.4 is 5.32 Å². The molecule has 2 heterocycles. The van der Waals surface area contributed by atoms with Gasteiger partial charge in [-0.25, -0.2) is 9.97 Å².